The molecule has 2 heterocycles. The molecule has 98 valence electrons. The Morgan fingerprint density at radius 2 is 2.00 bits per heavy atom. The average Bonchev–Trinajstić information content (AvgIpc) is 3.05. The minimum atomic E-state index is 0.330. The number of aliphatic hydroxyl groups excluding tert-OH is 1. The third kappa shape index (κ3) is 2.19. The highest BCUT2D eigenvalue weighted by Crippen LogP contribution is 2.60. The Hall–Kier alpha value is -0.870. The summed E-state index contributed by atoms with van der Waals surface area (Å²) in [6.45, 7) is 2.36. The Labute approximate surface area is 112 Å². The number of hydrogen-bond acceptors (Lipinski definition) is 4. The van der Waals surface area contributed by atoms with Gasteiger partial charge in [0.1, 0.15) is 0 Å². The first kappa shape index (κ1) is 12.2. The van der Waals surface area contributed by atoms with Gasteiger partial charge in [-0.1, -0.05) is 11.6 Å². The molecule has 2 fully saturated rings. The molecule has 1 N–H and O–H groups in total. The van der Waals surface area contributed by atoms with E-state index in [0.717, 1.165) is 31.4 Å². The van der Waals surface area contributed by atoms with Crippen molar-refractivity contribution in [3.63, 3.8) is 0 Å². The van der Waals surface area contributed by atoms with Gasteiger partial charge in [-0.3, -0.25) is 0 Å². The fourth-order valence-electron chi connectivity index (χ4n) is 3.23. The van der Waals surface area contributed by atoms with E-state index < -0.39 is 0 Å². The number of rotatable bonds is 3. The molecule has 1 aliphatic heterocycles. The molecule has 1 atom stereocenters. The van der Waals surface area contributed by atoms with Crippen LogP contribution >= 0.6 is 11.6 Å². The van der Waals surface area contributed by atoms with Crippen LogP contribution in [0.2, 0.25) is 5.02 Å². The molecule has 1 saturated heterocycles. The molecule has 1 aromatic heterocycles. The lowest BCUT2D eigenvalue weighted by Gasteiger charge is -2.33. The van der Waals surface area contributed by atoms with Gasteiger partial charge in [-0.25, -0.2) is 9.97 Å². The van der Waals surface area contributed by atoms with Crippen LogP contribution in [0.1, 0.15) is 25.7 Å². The summed E-state index contributed by atoms with van der Waals surface area (Å²) in [7, 11) is 0. The monoisotopic (exact) mass is 267 g/mol. The Balaban J connectivity index is 1.59. The van der Waals surface area contributed by atoms with Gasteiger partial charge >= 0.3 is 0 Å². The van der Waals surface area contributed by atoms with E-state index in [-0.39, 0.29) is 0 Å². The summed E-state index contributed by atoms with van der Waals surface area (Å²) in [6, 6.07) is 0. The van der Waals surface area contributed by atoms with E-state index in [9.17, 15) is 0 Å². The third-order valence-electron chi connectivity index (χ3n) is 4.49. The lowest BCUT2D eigenvalue weighted by atomic mass is 9.90. The van der Waals surface area contributed by atoms with Crippen LogP contribution in [0.5, 0.6) is 0 Å². The number of aromatic nitrogens is 2. The van der Waals surface area contributed by atoms with Crippen molar-refractivity contribution in [1.29, 1.82) is 0 Å². The minimum absolute atomic E-state index is 0.330. The van der Waals surface area contributed by atoms with Crippen LogP contribution in [0.4, 0.5) is 5.95 Å². The van der Waals surface area contributed by atoms with Gasteiger partial charge in [-0.2, -0.15) is 0 Å². The van der Waals surface area contributed by atoms with E-state index in [0.29, 0.717) is 17.0 Å². The molecule has 1 spiro atoms. The molecule has 2 aliphatic rings. The summed E-state index contributed by atoms with van der Waals surface area (Å²) in [5, 5.41) is 9.58. The highest BCUT2D eigenvalue weighted by molar-refractivity contribution is 6.30. The maximum absolute atomic E-state index is 9.00. The second-order valence-corrected chi connectivity index (χ2v) is 5.90. The van der Waals surface area contributed by atoms with E-state index in [2.05, 4.69) is 14.9 Å². The fourth-order valence-corrected chi connectivity index (χ4v) is 3.33. The van der Waals surface area contributed by atoms with Crippen molar-refractivity contribution in [2.75, 3.05) is 24.6 Å². The van der Waals surface area contributed by atoms with Gasteiger partial charge in [0.15, 0.2) is 0 Å². The maximum atomic E-state index is 9.00. The van der Waals surface area contributed by atoms with Crippen molar-refractivity contribution in [1.82, 2.24) is 9.97 Å². The van der Waals surface area contributed by atoms with Gasteiger partial charge < -0.3 is 10.0 Å². The van der Waals surface area contributed by atoms with Crippen molar-refractivity contribution in [3.05, 3.63) is 17.4 Å². The topological polar surface area (TPSA) is 49.2 Å². The van der Waals surface area contributed by atoms with Gasteiger partial charge in [0.2, 0.25) is 5.95 Å². The molecule has 4 nitrogen and oxygen atoms in total. The van der Waals surface area contributed by atoms with Crippen LogP contribution in [0.3, 0.4) is 0 Å². The van der Waals surface area contributed by atoms with Crippen molar-refractivity contribution in [2.45, 2.75) is 25.7 Å². The van der Waals surface area contributed by atoms with Crippen LogP contribution in [-0.2, 0) is 0 Å². The quantitative estimate of drug-likeness (QED) is 0.911. The number of nitrogens with zero attached hydrogens (tertiary/aromatic N) is 3. The van der Waals surface area contributed by atoms with E-state index in [1.165, 1.54) is 19.3 Å². The summed E-state index contributed by atoms with van der Waals surface area (Å²) in [5.41, 5.74) is 0.519. The van der Waals surface area contributed by atoms with E-state index in [1.54, 1.807) is 12.4 Å². The molecular weight excluding hydrogens is 250 g/mol. The van der Waals surface area contributed by atoms with Crippen LogP contribution in [-0.4, -0.2) is 34.8 Å². The first-order valence-electron chi connectivity index (χ1n) is 6.57. The first-order chi connectivity index (χ1) is 8.73. The molecule has 1 aliphatic carbocycles. The molecular formula is C13H18ClN3O. The zero-order chi connectivity index (χ0) is 12.6. The second kappa shape index (κ2) is 4.67. The van der Waals surface area contributed by atoms with Crippen LogP contribution in [0.25, 0.3) is 0 Å². The van der Waals surface area contributed by atoms with Crippen LogP contribution in [0, 0.1) is 11.3 Å². The number of aliphatic hydroxyl groups is 1. The zero-order valence-electron chi connectivity index (χ0n) is 10.3. The molecule has 18 heavy (non-hydrogen) atoms. The lowest BCUT2D eigenvalue weighted by molar-refractivity contribution is 0.256. The molecule has 0 radical (unpaired) electrons. The Kier molecular flexibility index (Phi) is 3.16. The Bertz CT molecular complexity index is 415. The summed E-state index contributed by atoms with van der Waals surface area (Å²) in [4.78, 5) is 10.8. The van der Waals surface area contributed by atoms with Crippen molar-refractivity contribution < 1.29 is 5.11 Å². The fraction of sp³-hybridized carbons (Fsp3) is 0.692. The molecule has 0 aromatic carbocycles. The summed E-state index contributed by atoms with van der Waals surface area (Å²) in [5.74, 6) is 1.53. The number of halogens is 1. The number of hydrogen-bond donors (Lipinski definition) is 1. The molecule has 0 unspecified atom stereocenters. The smallest absolute Gasteiger partial charge is 0.225 e. The van der Waals surface area contributed by atoms with E-state index in [4.69, 9.17) is 16.7 Å². The summed E-state index contributed by atoms with van der Waals surface area (Å²) < 4.78 is 0. The Morgan fingerprint density at radius 3 is 2.61 bits per heavy atom. The molecule has 0 amide bonds. The van der Waals surface area contributed by atoms with Gasteiger partial charge in [0.25, 0.3) is 0 Å². The molecule has 0 bridgehead atoms. The van der Waals surface area contributed by atoms with Crippen LogP contribution < -0.4 is 4.90 Å². The highest BCUT2D eigenvalue weighted by Gasteiger charge is 2.54. The van der Waals surface area contributed by atoms with Crippen molar-refractivity contribution in [2.24, 2.45) is 11.3 Å². The Morgan fingerprint density at radius 1 is 1.33 bits per heavy atom. The largest absolute Gasteiger partial charge is 0.396 e. The van der Waals surface area contributed by atoms with Gasteiger partial charge in [0, 0.05) is 19.7 Å². The minimum Gasteiger partial charge on any atom is -0.396 e. The molecule has 3 rings (SSSR count). The first-order valence-corrected chi connectivity index (χ1v) is 6.95. The van der Waals surface area contributed by atoms with E-state index in [1.807, 2.05) is 0 Å². The number of anilines is 1. The maximum Gasteiger partial charge on any atom is 0.225 e. The summed E-state index contributed by atoms with van der Waals surface area (Å²) >= 11 is 5.79. The lowest BCUT2D eigenvalue weighted by Crippen LogP contribution is -2.36. The van der Waals surface area contributed by atoms with Crippen LogP contribution in [0.15, 0.2) is 12.4 Å². The van der Waals surface area contributed by atoms with Gasteiger partial charge in [0.05, 0.1) is 17.4 Å². The highest BCUT2D eigenvalue weighted by atomic mass is 35.5. The van der Waals surface area contributed by atoms with Crippen molar-refractivity contribution >= 4 is 17.5 Å². The van der Waals surface area contributed by atoms with E-state index >= 15 is 0 Å². The molecule has 1 aromatic rings. The molecule has 5 heteroatoms. The zero-order valence-corrected chi connectivity index (χ0v) is 11.1. The number of piperidine rings is 1. The molecule has 1 saturated carbocycles. The third-order valence-corrected chi connectivity index (χ3v) is 4.68. The standard InChI is InChI=1S/C13H18ClN3O/c14-11-8-15-12(16-9-11)17-4-2-13(3-5-17)7-10(13)1-6-18/h8-10,18H,1-7H2/t10-/m1/s1. The normalized spacial score (nSPS) is 25.4. The van der Waals surface area contributed by atoms with Crippen molar-refractivity contribution in [3.8, 4) is 0 Å². The van der Waals surface area contributed by atoms with Gasteiger partial charge in [-0.15, -0.1) is 0 Å². The second-order valence-electron chi connectivity index (χ2n) is 5.46. The predicted octanol–water partition coefficient (Wildman–Crippen LogP) is 2.12. The summed E-state index contributed by atoms with van der Waals surface area (Å²) in [6.07, 6.45) is 7.97. The van der Waals surface area contributed by atoms with Gasteiger partial charge in [-0.05, 0) is 37.0 Å². The SMILES string of the molecule is OCC[C@@H]1CC12CCN(c1ncc(Cl)cn1)CC2. The predicted molar refractivity (Wildman–Crippen MR) is 70.7 cm³/mol. The average molecular weight is 268 g/mol.